The lowest BCUT2D eigenvalue weighted by Crippen LogP contribution is -2.27. The highest BCUT2D eigenvalue weighted by atomic mass is 35.5. The molecule has 0 unspecified atom stereocenters. The largest absolute Gasteiger partial charge is 0.481 e. The van der Waals surface area contributed by atoms with Crippen LogP contribution in [0.2, 0.25) is 5.15 Å². The predicted octanol–water partition coefficient (Wildman–Crippen LogP) is 2.72. The Morgan fingerprint density at radius 1 is 1.35 bits per heavy atom. The van der Waals surface area contributed by atoms with Gasteiger partial charge in [-0.3, -0.25) is 9.69 Å². The minimum atomic E-state index is -0.232. The number of aryl methyl sites for hydroxylation is 1. The van der Waals surface area contributed by atoms with Gasteiger partial charge < -0.3 is 4.74 Å². The average molecular weight is 292 g/mol. The summed E-state index contributed by atoms with van der Waals surface area (Å²) in [6, 6.07) is 6.72. The van der Waals surface area contributed by atoms with Crippen molar-refractivity contribution < 1.29 is 9.53 Å². The van der Waals surface area contributed by atoms with Crippen LogP contribution in [0.1, 0.15) is 15.9 Å². The van der Waals surface area contributed by atoms with Gasteiger partial charge in [-0.05, 0) is 24.6 Å². The third-order valence-electron chi connectivity index (χ3n) is 2.77. The molecule has 6 heteroatoms. The van der Waals surface area contributed by atoms with Crippen LogP contribution in [-0.2, 0) is 0 Å². The summed E-state index contributed by atoms with van der Waals surface area (Å²) in [7, 11) is 3.12. The van der Waals surface area contributed by atoms with E-state index in [-0.39, 0.29) is 11.1 Å². The summed E-state index contributed by atoms with van der Waals surface area (Å²) in [6.45, 7) is 1.94. The molecule has 0 saturated carbocycles. The van der Waals surface area contributed by atoms with Gasteiger partial charge in [-0.15, -0.1) is 0 Å². The number of hydrogen-bond donors (Lipinski definition) is 0. The number of methoxy groups -OCH3 is 1. The van der Waals surface area contributed by atoms with E-state index in [4.69, 9.17) is 16.3 Å². The van der Waals surface area contributed by atoms with Gasteiger partial charge in [0.1, 0.15) is 11.0 Å². The van der Waals surface area contributed by atoms with Gasteiger partial charge in [-0.2, -0.15) is 0 Å². The van der Waals surface area contributed by atoms with Crippen LogP contribution in [0.3, 0.4) is 0 Å². The SMILES string of the molecule is COc1cc(C(=O)N(C)c2ccc(C)cn2)cc(Cl)n1. The third-order valence-corrected chi connectivity index (χ3v) is 2.96. The van der Waals surface area contributed by atoms with E-state index in [0.717, 1.165) is 5.56 Å². The summed E-state index contributed by atoms with van der Waals surface area (Å²) in [5, 5.41) is 0.206. The van der Waals surface area contributed by atoms with Gasteiger partial charge in [0.2, 0.25) is 5.88 Å². The number of ether oxygens (including phenoxy) is 1. The van der Waals surface area contributed by atoms with Gasteiger partial charge in [0, 0.05) is 24.9 Å². The molecule has 2 heterocycles. The highest BCUT2D eigenvalue weighted by Gasteiger charge is 2.16. The summed E-state index contributed by atoms with van der Waals surface area (Å²) >= 11 is 5.87. The molecular formula is C14H14ClN3O2. The molecular weight excluding hydrogens is 278 g/mol. The molecule has 1 amide bonds. The highest BCUT2D eigenvalue weighted by molar-refractivity contribution is 6.30. The number of anilines is 1. The van der Waals surface area contributed by atoms with E-state index in [1.165, 1.54) is 18.1 Å². The minimum absolute atomic E-state index is 0.206. The fourth-order valence-corrected chi connectivity index (χ4v) is 1.86. The van der Waals surface area contributed by atoms with Crippen LogP contribution >= 0.6 is 11.6 Å². The van der Waals surface area contributed by atoms with E-state index in [1.54, 1.807) is 25.4 Å². The minimum Gasteiger partial charge on any atom is -0.481 e. The van der Waals surface area contributed by atoms with Gasteiger partial charge >= 0.3 is 0 Å². The summed E-state index contributed by atoms with van der Waals surface area (Å²) in [6.07, 6.45) is 1.71. The van der Waals surface area contributed by atoms with E-state index in [9.17, 15) is 4.79 Å². The summed E-state index contributed by atoms with van der Waals surface area (Å²) < 4.78 is 5.01. The molecule has 0 saturated heterocycles. The first-order valence-corrected chi connectivity index (χ1v) is 6.31. The Labute approximate surface area is 122 Å². The Bertz CT molecular complexity index is 629. The summed E-state index contributed by atoms with van der Waals surface area (Å²) in [4.78, 5) is 22.0. The van der Waals surface area contributed by atoms with Crippen molar-refractivity contribution in [3.63, 3.8) is 0 Å². The summed E-state index contributed by atoms with van der Waals surface area (Å²) in [5.74, 6) is 0.627. The maximum Gasteiger partial charge on any atom is 0.259 e. The Hall–Kier alpha value is -2.14. The molecule has 2 rings (SSSR count). The average Bonchev–Trinajstić information content (AvgIpc) is 2.45. The molecule has 0 N–H and O–H groups in total. The second kappa shape index (κ2) is 5.88. The zero-order valence-electron chi connectivity index (χ0n) is 11.4. The zero-order valence-corrected chi connectivity index (χ0v) is 12.2. The van der Waals surface area contributed by atoms with Crippen LogP contribution in [0, 0.1) is 6.92 Å². The molecule has 0 aliphatic carbocycles. The Morgan fingerprint density at radius 3 is 2.70 bits per heavy atom. The van der Waals surface area contributed by atoms with Crippen molar-refractivity contribution in [2.24, 2.45) is 0 Å². The monoisotopic (exact) mass is 291 g/mol. The van der Waals surface area contributed by atoms with Crippen LogP contribution in [0.15, 0.2) is 30.5 Å². The Balaban J connectivity index is 2.30. The first kappa shape index (κ1) is 14.3. The Kier molecular flexibility index (Phi) is 4.20. The van der Waals surface area contributed by atoms with Crippen molar-refractivity contribution in [1.82, 2.24) is 9.97 Å². The first-order chi connectivity index (χ1) is 9.51. The van der Waals surface area contributed by atoms with Crippen LogP contribution in [0.25, 0.3) is 0 Å². The maximum absolute atomic E-state index is 12.4. The molecule has 5 nitrogen and oxygen atoms in total. The van der Waals surface area contributed by atoms with Crippen LogP contribution < -0.4 is 9.64 Å². The molecule has 0 atom stereocenters. The third kappa shape index (κ3) is 3.05. The standard InChI is InChI=1S/C14H14ClN3O2/c1-9-4-5-12(16-8-9)18(2)14(19)10-6-11(15)17-13(7-10)20-3/h4-8H,1-3H3. The number of amides is 1. The second-order valence-electron chi connectivity index (χ2n) is 4.28. The quantitative estimate of drug-likeness (QED) is 0.816. The number of hydrogen-bond acceptors (Lipinski definition) is 4. The number of carbonyl (C=O) groups is 1. The van der Waals surface area contributed by atoms with E-state index in [1.807, 2.05) is 13.0 Å². The summed E-state index contributed by atoms with van der Waals surface area (Å²) in [5.41, 5.74) is 1.43. The van der Waals surface area contributed by atoms with Gasteiger partial charge in [0.05, 0.1) is 7.11 Å². The fourth-order valence-electron chi connectivity index (χ4n) is 1.66. The number of halogens is 1. The lowest BCUT2D eigenvalue weighted by atomic mass is 10.2. The molecule has 2 aromatic heterocycles. The molecule has 0 aliphatic heterocycles. The normalized spacial score (nSPS) is 10.2. The topological polar surface area (TPSA) is 55.3 Å². The number of aromatic nitrogens is 2. The van der Waals surface area contributed by atoms with Crippen molar-refractivity contribution in [2.75, 3.05) is 19.1 Å². The molecule has 104 valence electrons. The maximum atomic E-state index is 12.4. The van der Waals surface area contributed by atoms with Gasteiger partial charge in [0.25, 0.3) is 5.91 Å². The predicted molar refractivity (Wildman–Crippen MR) is 77.5 cm³/mol. The lowest BCUT2D eigenvalue weighted by Gasteiger charge is -2.16. The van der Waals surface area contributed by atoms with Crippen LogP contribution in [0.5, 0.6) is 5.88 Å². The molecule has 0 bridgehead atoms. The first-order valence-electron chi connectivity index (χ1n) is 5.93. The number of rotatable bonds is 3. The van der Waals surface area contributed by atoms with Gasteiger partial charge in [0.15, 0.2) is 0 Å². The Morgan fingerprint density at radius 2 is 2.10 bits per heavy atom. The van der Waals surface area contributed by atoms with Crippen molar-refractivity contribution in [1.29, 1.82) is 0 Å². The van der Waals surface area contributed by atoms with Crippen molar-refractivity contribution in [2.45, 2.75) is 6.92 Å². The fraction of sp³-hybridized carbons (Fsp3) is 0.214. The van der Waals surface area contributed by atoms with E-state index in [2.05, 4.69) is 9.97 Å². The molecule has 2 aromatic rings. The van der Waals surface area contributed by atoms with Crippen LogP contribution in [0.4, 0.5) is 5.82 Å². The number of nitrogens with zero attached hydrogens (tertiary/aromatic N) is 3. The molecule has 0 aromatic carbocycles. The van der Waals surface area contributed by atoms with Crippen molar-refractivity contribution in [3.8, 4) is 5.88 Å². The number of carbonyl (C=O) groups excluding carboxylic acids is 1. The molecule has 0 fully saturated rings. The highest BCUT2D eigenvalue weighted by Crippen LogP contribution is 2.19. The number of pyridine rings is 2. The van der Waals surface area contributed by atoms with Crippen molar-refractivity contribution >= 4 is 23.3 Å². The van der Waals surface area contributed by atoms with Crippen molar-refractivity contribution in [3.05, 3.63) is 46.7 Å². The van der Waals surface area contributed by atoms with Gasteiger partial charge in [-0.25, -0.2) is 9.97 Å². The molecule has 20 heavy (non-hydrogen) atoms. The van der Waals surface area contributed by atoms with E-state index in [0.29, 0.717) is 17.3 Å². The second-order valence-corrected chi connectivity index (χ2v) is 4.67. The molecule has 0 spiro atoms. The van der Waals surface area contributed by atoms with E-state index >= 15 is 0 Å². The zero-order chi connectivity index (χ0) is 14.7. The van der Waals surface area contributed by atoms with Gasteiger partial charge in [-0.1, -0.05) is 17.7 Å². The van der Waals surface area contributed by atoms with E-state index < -0.39 is 0 Å². The molecule has 0 radical (unpaired) electrons. The van der Waals surface area contributed by atoms with Crippen LogP contribution in [-0.4, -0.2) is 30.0 Å². The molecule has 0 aliphatic rings. The lowest BCUT2D eigenvalue weighted by molar-refractivity contribution is 0.0992. The smallest absolute Gasteiger partial charge is 0.259 e.